The van der Waals surface area contributed by atoms with E-state index in [4.69, 9.17) is 17.0 Å². The van der Waals surface area contributed by atoms with Crippen LogP contribution in [-0.4, -0.2) is 22.3 Å². The first kappa shape index (κ1) is 17.1. The zero-order valence-electron chi connectivity index (χ0n) is 13.0. The third-order valence-corrected chi connectivity index (χ3v) is 4.80. The maximum Gasteiger partial charge on any atom is 0.270 e. The largest absolute Gasteiger partial charge is 0.495 e. The number of hydrogen-bond donors (Lipinski definition) is 0. The molecule has 1 amide bonds. The Balaban J connectivity index is 1.96. The monoisotopic (exact) mass is 372 g/mol. The average molecular weight is 372 g/mol. The van der Waals surface area contributed by atoms with Gasteiger partial charge in [-0.25, -0.2) is 0 Å². The molecule has 3 rings (SSSR count). The third kappa shape index (κ3) is 3.40. The number of hydrogen-bond acceptors (Lipinski definition) is 6. The third-order valence-electron chi connectivity index (χ3n) is 3.50. The van der Waals surface area contributed by atoms with Crippen LogP contribution in [0, 0.1) is 10.1 Å². The number of methoxy groups -OCH3 is 1. The van der Waals surface area contributed by atoms with E-state index >= 15 is 0 Å². The molecule has 0 aromatic heterocycles. The number of nitrogens with zero attached hydrogens (tertiary/aromatic N) is 2. The fraction of sp³-hybridized carbons (Fsp3) is 0.0588. The molecule has 1 fully saturated rings. The summed E-state index contributed by atoms with van der Waals surface area (Å²) in [7, 11) is 1.52. The molecule has 8 heteroatoms. The van der Waals surface area contributed by atoms with Gasteiger partial charge in [-0.05, 0) is 23.8 Å². The minimum atomic E-state index is -0.475. The molecule has 0 unspecified atom stereocenters. The van der Waals surface area contributed by atoms with Gasteiger partial charge in [0, 0.05) is 12.1 Å². The van der Waals surface area contributed by atoms with Crippen LogP contribution in [0.1, 0.15) is 5.56 Å². The summed E-state index contributed by atoms with van der Waals surface area (Å²) in [5, 5.41) is 10.9. The summed E-state index contributed by atoms with van der Waals surface area (Å²) in [4.78, 5) is 25.0. The second-order valence-corrected chi connectivity index (χ2v) is 6.72. The van der Waals surface area contributed by atoms with Crippen molar-refractivity contribution in [2.24, 2.45) is 0 Å². The first-order chi connectivity index (χ1) is 12.0. The highest BCUT2D eigenvalue weighted by molar-refractivity contribution is 8.27. The Morgan fingerprint density at radius 2 is 2.00 bits per heavy atom. The maximum absolute atomic E-state index is 12.8. The van der Waals surface area contributed by atoms with Crippen molar-refractivity contribution in [2.75, 3.05) is 12.0 Å². The summed E-state index contributed by atoms with van der Waals surface area (Å²) in [5.41, 5.74) is 1.10. The minimum absolute atomic E-state index is 0.0334. The van der Waals surface area contributed by atoms with E-state index in [1.54, 1.807) is 42.5 Å². The minimum Gasteiger partial charge on any atom is -0.495 e. The fourth-order valence-corrected chi connectivity index (χ4v) is 3.65. The normalized spacial score (nSPS) is 15.7. The molecule has 0 spiro atoms. The number of nitro groups is 1. The number of carbonyl (C=O) groups is 1. The van der Waals surface area contributed by atoms with Crippen LogP contribution >= 0.6 is 24.0 Å². The second kappa shape index (κ2) is 7.04. The van der Waals surface area contributed by atoms with Crippen LogP contribution in [0.25, 0.3) is 6.08 Å². The van der Waals surface area contributed by atoms with Crippen LogP contribution in [0.5, 0.6) is 5.75 Å². The summed E-state index contributed by atoms with van der Waals surface area (Å²) in [6, 6.07) is 13.2. The van der Waals surface area contributed by atoms with E-state index in [0.717, 1.165) is 11.8 Å². The van der Waals surface area contributed by atoms with E-state index in [2.05, 4.69) is 0 Å². The summed E-state index contributed by atoms with van der Waals surface area (Å²) < 4.78 is 5.67. The van der Waals surface area contributed by atoms with E-state index < -0.39 is 4.92 Å². The molecule has 0 aliphatic carbocycles. The maximum atomic E-state index is 12.8. The lowest BCUT2D eigenvalue weighted by Gasteiger charge is -2.17. The number of thioether (sulfide) groups is 1. The number of anilines is 1. The molecule has 6 nitrogen and oxygen atoms in total. The van der Waals surface area contributed by atoms with E-state index in [1.807, 2.05) is 0 Å². The Bertz CT molecular complexity index is 911. The lowest BCUT2D eigenvalue weighted by molar-refractivity contribution is -0.384. The summed E-state index contributed by atoms with van der Waals surface area (Å²) in [6.45, 7) is 0. The van der Waals surface area contributed by atoms with Gasteiger partial charge in [0.15, 0.2) is 4.32 Å². The lowest BCUT2D eigenvalue weighted by Crippen LogP contribution is -2.27. The van der Waals surface area contributed by atoms with Gasteiger partial charge >= 0.3 is 0 Å². The standard InChI is InChI=1S/C17H12N2O4S2/c1-23-14-8-3-2-7-13(14)18-16(20)15(25-17(18)24)10-11-5-4-6-12(9-11)19(21)22/h2-10H,1H3. The van der Waals surface area contributed by atoms with Crippen LogP contribution < -0.4 is 9.64 Å². The van der Waals surface area contributed by atoms with Gasteiger partial charge in [-0.2, -0.15) is 0 Å². The van der Waals surface area contributed by atoms with Gasteiger partial charge in [0.2, 0.25) is 0 Å². The second-order valence-electron chi connectivity index (χ2n) is 5.04. The Labute approximate surface area is 153 Å². The Hall–Kier alpha value is -2.71. The molecule has 1 aliphatic heterocycles. The van der Waals surface area contributed by atoms with E-state index in [9.17, 15) is 14.9 Å². The quantitative estimate of drug-likeness (QED) is 0.349. The van der Waals surface area contributed by atoms with Crippen molar-refractivity contribution >= 4 is 51.7 Å². The predicted octanol–water partition coefficient (Wildman–Crippen LogP) is 4.01. The van der Waals surface area contributed by atoms with Crippen LogP contribution in [0.15, 0.2) is 53.4 Å². The molecule has 1 heterocycles. The zero-order valence-corrected chi connectivity index (χ0v) is 14.7. The summed E-state index contributed by atoms with van der Waals surface area (Å²) in [6.07, 6.45) is 1.60. The predicted molar refractivity (Wildman–Crippen MR) is 102 cm³/mol. The van der Waals surface area contributed by atoms with Crippen molar-refractivity contribution < 1.29 is 14.5 Å². The fourth-order valence-electron chi connectivity index (χ4n) is 2.37. The molecular weight excluding hydrogens is 360 g/mol. The van der Waals surface area contributed by atoms with Crippen LogP contribution in [-0.2, 0) is 4.79 Å². The van der Waals surface area contributed by atoms with E-state index in [-0.39, 0.29) is 11.6 Å². The number of rotatable bonds is 4. The molecule has 0 saturated carbocycles. The zero-order chi connectivity index (χ0) is 18.0. The van der Waals surface area contributed by atoms with Crippen LogP contribution in [0.4, 0.5) is 11.4 Å². The number of carbonyl (C=O) groups excluding carboxylic acids is 1. The van der Waals surface area contributed by atoms with Gasteiger partial charge in [-0.15, -0.1) is 0 Å². The Kier molecular flexibility index (Phi) is 4.82. The van der Waals surface area contributed by atoms with Crippen molar-refractivity contribution in [1.82, 2.24) is 0 Å². The molecule has 1 aliphatic rings. The Morgan fingerprint density at radius 1 is 1.24 bits per heavy atom. The topological polar surface area (TPSA) is 72.7 Å². The average Bonchev–Trinajstić information content (AvgIpc) is 2.88. The smallest absolute Gasteiger partial charge is 0.270 e. The number of para-hydroxylation sites is 2. The van der Waals surface area contributed by atoms with Gasteiger partial charge in [-0.3, -0.25) is 19.8 Å². The molecule has 25 heavy (non-hydrogen) atoms. The summed E-state index contributed by atoms with van der Waals surface area (Å²) >= 11 is 6.48. The van der Waals surface area contributed by atoms with Gasteiger partial charge < -0.3 is 4.74 Å². The molecule has 0 N–H and O–H groups in total. The molecule has 0 radical (unpaired) electrons. The first-order valence-corrected chi connectivity index (χ1v) is 8.39. The van der Waals surface area contributed by atoms with Gasteiger partial charge in [-0.1, -0.05) is 48.2 Å². The van der Waals surface area contributed by atoms with Gasteiger partial charge in [0.05, 0.1) is 22.6 Å². The highest BCUT2D eigenvalue weighted by Gasteiger charge is 2.34. The van der Waals surface area contributed by atoms with Gasteiger partial charge in [0.1, 0.15) is 5.75 Å². The molecule has 2 aromatic rings. The molecule has 1 saturated heterocycles. The highest BCUT2D eigenvalue weighted by atomic mass is 32.2. The van der Waals surface area contributed by atoms with Crippen LogP contribution in [0.3, 0.4) is 0 Å². The number of nitro benzene ring substituents is 1. The highest BCUT2D eigenvalue weighted by Crippen LogP contribution is 2.39. The van der Waals surface area contributed by atoms with Crippen molar-refractivity contribution in [2.45, 2.75) is 0 Å². The number of benzene rings is 2. The number of thiocarbonyl (C=S) groups is 1. The van der Waals surface area contributed by atoms with E-state index in [1.165, 1.54) is 24.1 Å². The molecule has 0 atom stereocenters. The first-order valence-electron chi connectivity index (χ1n) is 7.16. The van der Waals surface area contributed by atoms with E-state index in [0.29, 0.717) is 26.2 Å². The van der Waals surface area contributed by atoms with Crippen molar-refractivity contribution in [1.29, 1.82) is 0 Å². The molecule has 126 valence electrons. The lowest BCUT2D eigenvalue weighted by atomic mass is 10.2. The Morgan fingerprint density at radius 3 is 2.72 bits per heavy atom. The molecule has 0 bridgehead atoms. The molecule has 2 aromatic carbocycles. The number of non-ortho nitro benzene ring substituents is 1. The van der Waals surface area contributed by atoms with Crippen molar-refractivity contribution in [3.63, 3.8) is 0 Å². The summed E-state index contributed by atoms with van der Waals surface area (Å²) in [5.74, 6) is 0.251. The van der Waals surface area contributed by atoms with Crippen molar-refractivity contribution in [3.8, 4) is 5.75 Å². The van der Waals surface area contributed by atoms with Gasteiger partial charge in [0.25, 0.3) is 11.6 Å². The van der Waals surface area contributed by atoms with Crippen molar-refractivity contribution in [3.05, 3.63) is 69.1 Å². The van der Waals surface area contributed by atoms with Crippen LogP contribution in [0.2, 0.25) is 0 Å². The SMILES string of the molecule is COc1ccccc1N1C(=O)C(=Cc2cccc([N+](=O)[O-])c2)SC1=S. The number of amides is 1. The number of ether oxygens (including phenoxy) is 1. The molecular formula is C17H12N2O4S2.